The van der Waals surface area contributed by atoms with Gasteiger partial charge < -0.3 is 4.90 Å². The van der Waals surface area contributed by atoms with E-state index in [0.29, 0.717) is 13.1 Å². The zero-order valence-electron chi connectivity index (χ0n) is 13.5. The van der Waals surface area contributed by atoms with Gasteiger partial charge in [-0.2, -0.15) is 0 Å². The van der Waals surface area contributed by atoms with E-state index >= 15 is 0 Å². The molecule has 1 aliphatic heterocycles. The molecular weight excluding hydrogens is 316 g/mol. The van der Waals surface area contributed by atoms with Crippen LogP contribution in [0.1, 0.15) is 43.5 Å². The Morgan fingerprint density at radius 2 is 1.74 bits per heavy atom. The van der Waals surface area contributed by atoms with Gasteiger partial charge in [-0.15, -0.1) is 0 Å². The molecule has 1 heterocycles. The second-order valence-electron chi connectivity index (χ2n) is 5.51. The van der Waals surface area contributed by atoms with Crippen molar-refractivity contribution in [3.63, 3.8) is 0 Å². The Balaban J connectivity index is 2.10. The predicted molar refractivity (Wildman–Crippen MR) is 86.4 cm³/mol. The molecule has 126 valence electrons. The van der Waals surface area contributed by atoms with Crippen LogP contribution in [0.3, 0.4) is 0 Å². The minimum Gasteiger partial charge on any atom is -0.343 e. The van der Waals surface area contributed by atoms with E-state index in [9.17, 15) is 18.0 Å². The van der Waals surface area contributed by atoms with Gasteiger partial charge in [0.25, 0.3) is 15.9 Å². The van der Waals surface area contributed by atoms with Crippen LogP contribution in [0.25, 0.3) is 0 Å². The zero-order chi connectivity index (χ0) is 17.0. The Hall–Kier alpha value is -1.89. The average Bonchev–Trinajstić information content (AvgIpc) is 2.72. The Bertz CT molecular complexity index is 694. The van der Waals surface area contributed by atoms with Gasteiger partial charge in [0, 0.05) is 26.1 Å². The first-order chi connectivity index (χ1) is 10.9. The third-order valence-corrected chi connectivity index (χ3v) is 5.62. The normalized spacial score (nSPS) is 15.6. The highest BCUT2D eigenvalue weighted by molar-refractivity contribution is 7.90. The molecule has 0 bridgehead atoms. The Morgan fingerprint density at radius 1 is 1.13 bits per heavy atom. The maximum Gasteiger partial charge on any atom is 0.269 e. The molecule has 0 N–H and O–H groups in total. The molecule has 0 unspecified atom stereocenters. The van der Waals surface area contributed by atoms with E-state index < -0.39 is 15.9 Å². The number of carbonyl (C=O) groups excluding carboxylic acids is 2. The molecule has 0 fully saturated rings. The lowest BCUT2D eigenvalue weighted by Crippen LogP contribution is -2.37. The monoisotopic (exact) mass is 338 g/mol. The van der Waals surface area contributed by atoms with Crippen LogP contribution in [0.2, 0.25) is 0 Å². The quantitative estimate of drug-likeness (QED) is 0.761. The lowest BCUT2D eigenvalue weighted by Gasteiger charge is -2.23. The summed E-state index contributed by atoms with van der Waals surface area (Å²) in [5.41, 5.74) is 0.180. The summed E-state index contributed by atoms with van der Waals surface area (Å²) in [5, 5.41) is 0. The van der Waals surface area contributed by atoms with Gasteiger partial charge in [-0.3, -0.25) is 9.59 Å². The van der Waals surface area contributed by atoms with E-state index in [1.165, 1.54) is 12.1 Å². The fourth-order valence-corrected chi connectivity index (χ4v) is 4.28. The van der Waals surface area contributed by atoms with E-state index in [4.69, 9.17) is 0 Å². The van der Waals surface area contributed by atoms with Crippen molar-refractivity contribution in [3.05, 3.63) is 29.8 Å². The molecular formula is C16H22N2O4S. The Kier molecular flexibility index (Phi) is 5.41. The summed E-state index contributed by atoms with van der Waals surface area (Å²) in [6.07, 6.45) is 1.70. The largest absolute Gasteiger partial charge is 0.343 e. The first-order valence-electron chi connectivity index (χ1n) is 7.87. The van der Waals surface area contributed by atoms with Crippen molar-refractivity contribution in [1.82, 2.24) is 9.21 Å². The summed E-state index contributed by atoms with van der Waals surface area (Å²) in [4.78, 5) is 26.3. The highest BCUT2D eigenvalue weighted by Crippen LogP contribution is 2.29. The van der Waals surface area contributed by atoms with E-state index in [2.05, 4.69) is 0 Å². The number of carbonyl (C=O) groups is 2. The number of benzene rings is 1. The zero-order valence-corrected chi connectivity index (χ0v) is 14.3. The van der Waals surface area contributed by atoms with Crippen molar-refractivity contribution in [3.8, 4) is 0 Å². The summed E-state index contributed by atoms with van der Waals surface area (Å²) >= 11 is 0. The van der Waals surface area contributed by atoms with Crippen molar-refractivity contribution in [2.45, 2.75) is 38.0 Å². The number of fused-ring (bicyclic) bond motifs is 1. The van der Waals surface area contributed by atoms with Gasteiger partial charge in [-0.05, 0) is 25.0 Å². The molecule has 1 aromatic rings. The molecule has 2 amide bonds. The average molecular weight is 338 g/mol. The van der Waals surface area contributed by atoms with E-state index in [1.807, 2.05) is 13.8 Å². The van der Waals surface area contributed by atoms with Gasteiger partial charge in [-0.25, -0.2) is 12.7 Å². The standard InChI is InChI=1S/C16H22N2O4S/c1-3-10-17(11-4-2)15(19)9-12-18-16(20)13-7-5-6-8-14(13)23(18,21)22/h5-8H,3-4,9-12H2,1-2H3. The van der Waals surface area contributed by atoms with Crippen molar-refractivity contribution >= 4 is 21.8 Å². The van der Waals surface area contributed by atoms with E-state index in [0.717, 1.165) is 17.1 Å². The third kappa shape index (κ3) is 3.39. The number of nitrogens with zero attached hydrogens (tertiary/aromatic N) is 2. The van der Waals surface area contributed by atoms with Crippen LogP contribution in [-0.4, -0.2) is 49.1 Å². The molecule has 0 saturated carbocycles. The smallest absolute Gasteiger partial charge is 0.269 e. The molecule has 6 nitrogen and oxygen atoms in total. The molecule has 0 radical (unpaired) electrons. The summed E-state index contributed by atoms with van der Waals surface area (Å²) in [7, 11) is -3.83. The first-order valence-corrected chi connectivity index (χ1v) is 9.31. The molecule has 0 saturated heterocycles. The number of amides is 2. The molecule has 23 heavy (non-hydrogen) atoms. The Labute approximate surface area is 137 Å². The number of sulfonamides is 1. The molecule has 0 spiro atoms. The van der Waals surface area contributed by atoms with Crippen LogP contribution < -0.4 is 0 Å². The highest BCUT2D eigenvalue weighted by Gasteiger charge is 2.40. The SMILES string of the molecule is CCCN(CCC)C(=O)CCN1C(=O)c2ccccc2S1(=O)=O. The second kappa shape index (κ2) is 7.12. The van der Waals surface area contributed by atoms with Crippen molar-refractivity contribution < 1.29 is 18.0 Å². The van der Waals surface area contributed by atoms with Crippen molar-refractivity contribution in [2.75, 3.05) is 19.6 Å². The fourth-order valence-electron chi connectivity index (χ4n) is 2.71. The van der Waals surface area contributed by atoms with Gasteiger partial charge in [0.1, 0.15) is 4.90 Å². The fraction of sp³-hybridized carbons (Fsp3) is 0.500. The lowest BCUT2D eigenvalue weighted by atomic mass is 10.2. The van der Waals surface area contributed by atoms with Gasteiger partial charge in [-0.1, -0.05) is 26.0 Å². The maximum atomic E-state index is 12.4. The molecule has 1 aliphatic rings. The second-order valence-corrected chi connectivity index (χ2v) is 7.34. The molecule has 1 aromatic carbocycles. The van der Waals surface area contributed by atoms with Crippen molar-refractivity contribution in [1.29, 1.82) is 0 Å². The van der Waals surface area contributed by atoms with E-state index in [-0.39, 0.29) is 29.3 Å². The van der Waals surface area contributed by atoms with E-state index in [1.54, 1.807) is 17.0 Å². The third-order valence-electron chi connectivity index (χ3n) is 3.78. The predicted octanol–water partition coefficient (Wildman–Crippen LogP) is 1.87. The summed E-state index contributed by atoms with van der Waals surface area (Å²) in [6.45, 7) is 5.15. The van der Waals surface area contributed by atoms with Crippen LogP contribution in [0.15, 0.2) is 29.2 Å². The van der Waals surface area contributed by atoms with Crippen LogP contribution >= 0.6 is 0 Å². The number of rotatable bonds is 7. The summed E-state index contributed by atoms with van der Waals surface area (Å²) in [5.74, 6) is -0.668. The first kappa shape index (κ1) is 17.5. The molecule has 7 heteroatoms. The van der Waals surface area contributed by atoms with Crippen molar-refractivity contribution in [2.24, 2.45) is 0 Å². The minimum absolute atomic E-state index is 0.0129. The number of hydrogen-bond donors (Lipinski definition) is 0. The molecule has 0 aliphatic carbocycles. The van der Waals surface area contributed by atoms with Crippen LogP contribution in [0.5, 0.6) is 0 Å². The van der Waals surface area contributed by atoms with Crippen LogP contribution in [0, 0.1) is 0 Å². The Morgan fingerprint density at radius 3 is 2.30 bits per heavy atom. The summed E-state index contributed by atoms with van der Waals surface area (Å²) in [6, 6.07) is 6.13. The maximum absolute atomic E-state index is 12.4. The van der Waals surface area contributed by atoms with Crippen LogP contribution in [0.4, 0.5) is 0 Å². The summed E-state index contributed by atoms with van der Waals surface area (Å²) < 4.78 is 25.6. The molecule has 0 atom stereocenters. The van der Waals surface area contributed by atoms with Gasteiger partial charge >= 0.3 is 0 Å². The molecule has 2 rings (SSSR count). The van der Waals surface area contributed by atoms with Crippen LogP contribution in [-0.2, 0) is 14.8 Å². The lowest BCUT2D eigenvalue weighted by molar-refractivity contribution is -0.131. The topological polar surface area (TPSA) is 74.8 Å². The number of hydrogen-bond acceptors (Lipinski definition) is 4. The van der Waals surface area contributed by atoms with Gasteiger partial charge in [0.2, 0.25) is 5.91 Å². The minimum atomic E-state index is -3.83. The molecule has 0 aromatic heterocycles. The highest BCUT2D eigenvalue weighted by atomic mass is 32.2. The van der Waals surface area contributed by atoms with Gasteiger partial charge in [0.05, 0.1) is 5.56 Å². The van der Waals surface area contributed by atoms with Gasteiger partial charge in [0.15, 0.2) is 0 Å².